The number of hydrogen-bond acceptors (Lipinski definition) is 7. The molecular weight excluding hydrogens is 318 g/mol. The van der Waals surface area contributed by atoms with Crippen molar-refractivity contribution in [3.05, 3.63) is 23.8 Å². The van der Waals surface area contributed by atoms with Crippen LogP contribution in [0.4, 0.5) is 0 Å². The van der Waals surface area contributed by atoms with Gasteiger partial charge in [-0.3, -0.25) is 14.4 Å². The monoisotopic (exact) mass is 337 g/mol. The predicted molar refractivity (Wildman–Crippen MR) is 82.6 cm³/mol. The minimum atomic E-state index is -1.72. The molecule has 0 saturated carbocycles. The highest BCUT2D eigenvalue weighted by Crippen LogP contribution is 2.27. The maximum absolute atomic E-state index is 12.1. The molecule has 1 aromatic rings. The zero-order valence-electron chi connectivity index (χ0n) is 13.9. The first kappa shape index (κ1) is 19.1. The number of ether oxygens (including phenoxy) is 3. The summed E-state index contributed by atoms with van der Waals surface area (Å²) in [5.41, 5.74) is 0.661. The van der Waals surface area contributed by atoms with E-state index in [0.717, 1.165) is 14.0 Å². The third kappa shape index (κ3) is 4.55. The average Bonchev–Trinajstić information content (AvgIpc) is 2.58. The molecule has 0 spiro atoms. The Hall–Kier alpha value is -2.90. The fourth-order valence-electron chi connectivity index (χ4n) is 1.99. The number of ketones is 2. The second kappa shape index (κ2) is 8.66. The second-order valence-corrected chi connectivity index (χ2v) is 4.81. The summed E-state index contributed by atoms with van der Waals surface area (Å²) >= 11 is 0. The number of carbonyl (C=O) groups is 4. The van der Waals surface area contributed by atoms with Crippen molar-refractivity contribution in [2.24, 2.45) is 5.92 Å². The maximum Gasteiger partial charge on any atom is 0.375 e. The van der Waals surface area contributed by atoms with Crippen LogP contribution in [0.25, 0.3) is 0 Å². The molecule has 8 nitrogen and oxygen atoms in total. The summed E-state index contributed by atoms with van der Waals surface area (Å²) in [6, 6.07) is 4.99. The molecule has 0 unspecified atom stereocenters. The lowest BCUT2D eigenvalue weighted by Crippen LogP contribution is -2.42. The highest BCUT2D eigenvalue weighted by Gasteiger charge is 2.36. The first-order valence-electron chi connectivity index (χ1n) is 6.96. The van der Waals surface area contributed by atoms with Crippen LogP contribution in [0, 0.1) is 5.92 Å². The Balaban J connectivity index is 2.84. The fourth-order valence-corrected chi connectivity index (χ4v) is 1.99. The van der Waals surface area contributed by atoms with Crippen LogP contribution in [0.15, 0.2) is 18.2 Å². The van der Waals surface area contributed by atoms with Gasteiger partial charge in [0.1, 0.15) is 5.78 Å². The Morgan fingerprint density at radius 2 is 1.67 bits per heavy atom. The third-order valence-corrected chi connectivity index (χ3v) is 3.23. The number of carbonyl (C=O) groups excluding carboxylic acids is 4. The Morgan fingerprint density at radius 3 is 2.17 bits per heavy atom. The van der Waals surface area contributed by atoms with E-state index in [1.807, 2.05) is 0 Å². The number of nitrogens with one attached hydrogen (secondary N) is 1. The molecule has 0 aliphatic heterocycles. The van der Waals surface area contributed by atoms with Gasteiger partial charge in [0.25, 0.3) is 5.78 Å². The van der Waals surface area contributed by atoms with Gasteiger partial charge in [0.05, 0.1) is 21.3 Å². The van der Waals surface area contributed by atoms with E-state index in [4.69, 9.17) is 9.47 Å². The van der Waals surface area contributed by atoms with E-state index < -0.39 is 29.4 Å². The third-order valence-electron chi connectivity index (χ3n) is 3.23. The zero-order valence-corrected chi connectivity index (χ0v) is 13.9. The topological polar surface area (TPSA) is 108 Å². The van der Waals surface area contributed by atoms with Gasteiger partial charge in [-0.25, -0.2) is 4.79 Å². The fraction of sp³-hybridized carbons (Fsp3) is 0.375. The lowest BCUT2D eigenvalue weighted by molar-refractivity contribution is -0.157. The van der Waals surface area contributed by atoms with Crippen molar-refractivity contribution < 1.29 is 33.4 Å². The minimum Gasteiger partial charge on any atom is -0.493 e. The van der Waals surface area contributed by atoms with Crippen LogP contribution in [-0.4, -0.2) is 44.8 Å². The van der Waals surface area contributed by atoms with E-state index >= 15 is 0 Å². The molecule has 8 heteroatoms. The zero-order chi connectivity index (χ0) is 18.3. The van der Waals surface area contributed by atoms with Gasteiger partial charge in [-0.15, -0.1) is 0 Å². The van der Waals surface area contributed by atoms with Gasteiger partial charge >= 0.3 is 5.97 Å². The Morgan fingerprint density at radius 1 is 1.04 bits per heavy atom. The van der Waals surface area contributed by atoms with Crippen molar-refractivity contribution >= 4 is 23.4 Å². The van der Waals surface area contributed by atoms with Crippen LogP contribution in [0.5, 0.6) is 11.5 Å². The normalized spacial score (nSPS) is 11.2. The van der Waals surface area contributed by atoms with Gasteiger partial charge in [-0.05, 0) is 24.6 Å². The second-order valence-electron chi connectivity index (χ2n) is 4.81. The largest absolute Gasteiger partial charge is 0.493 e. The van der Waals surface area contributed by atoms with Gasteiger partial charge < -0.3 is 19.5 Å². The molecule has 0 bridgehead atoms. The molecule has 0 aliphatic carbocycles. The number of benzene rings is 1. The quantitative estimate of drug-likeness (QED) is 0.412. The van der Waals surface area contributed by atoms with Crippen LogP contribution < -0.4 is 14.8 Å². The smallest absolute Gasteiger partial charge is 0.375 e. The summed E-state index contributed by atoms with van der Waals surface area (Å²) in [6.07, 6.45) is 0. The van der Waals surface area contributed by atoms with E-state index in [1.54, 1.807) is 18.2 Å². The summed E-state index contributed by atoms with van der Waals surface area (Å²) in [4.78, 5) is 46.6. The van der Waals surface area contributed by atoms with Crippen LogP contribution in [-0.2, 0) is 30.5 Å². The highest BCUT2D eigenvalue weighted by molar-refractivity contribution is 6.43. The van der Waals surface area contributed by atoms with Gasteiger partial charge in [0, 0.05) is 6.54 Å². The molecule has 1 amide bonds. The lowest BCUT2D eigenvalue weighted by atomic mass is 9.98. The summed E-state index contributed by atoms with van der Waals surface area (Å²) in [5, 5.41) is 2.44. The number of amides is 1. The predicted octanol–water partition coefficient (Wildman–Crippen LogP) is 0.267. The molecule has 1 N–H and O–H groups in total. The SMILES string of the molecule is COC(=O)C(=O)[C@@H](C(C)=O)C(=O)NCc1ccc(OC)c(OC)c1. The van der Waals surface area contributed by atoms with Crippen molar-refractivity contribution in [3.63, 3.8) is 0 Å². The van der Waals surface area contributed by atoms with E-state index in [9.17, 15) is 19.2 Å². The van der Waals surface area contributed by atoms with Gasteiger partial charge in [-0.2, -0.15) is 0 Å². The average molecular weight is 337 g/mol. The number of hydrogen-bond donors (Lipinski definition) is 1. The van der Waals surface area contributed by atoms with Crippen molar-refractivity contribution in [2.75, 3.05) is 21.3 Å². The van der Waals surface area contributed by atoms with E-state index in [-0.39, 0.29) is 6.54 Å². The molecule has 0 aromatic heterocycles. The van der Waals surface area contributed by atoms with E-state index in [2.05, 4.69) is 10.1 Å². The molecule has 0 aliphatic rings. The summed E-state index contributed by atoms with van der Waals surface area (Å²) in [7, 11) is 3.97. The van der Waals surface area contributed by atoms with Crippen LogP contribution in [0.3, 0.4) is 0 Å². The van der Waals surface area contributed by atoms with Crippen LogP contribution >= 0.6 is 0 Å². The first-order valence-corrected chi connectivity index (χ1v) is 6.96. The standard InChI is InChI=1S/C16H19NO7/c1-9(18)13(14(19)16(21)24-4)15(20)17-8-10-5-6-11(22-2)12(7-10)23-3/h5-7,13H,8H2,1-4H3,(H,17,20)/t13-/m1/s1. The molecule has 0 saturated heterocycles. The molecule has 0 radical (unpaired) electrons. The minimum absolute atomic E-state index is 0.0391. The Labute approximate surface area is 139 Å². The molecule has 0 fully saturated rings. The van der Waals surface area contributed by atoms with Crippen molar-refractivity contribution in [2.45, 2.75) is 13.5 Å². The van der Waals surface area contributed by atoms with Crippen molar-refractivity contribution in [1.29, 1.82) is 0 Å². The molecule has 0 heterocycles. The Kier molecular flexibility index (Phi) is 6.91. The Bertz CT molecular complexity index is 654. The number of esters is 1. The van der Waals surface area contributed by atoms with Crippen molar-refractivity contribution in [3.8, 4) is 11.5 Å². The van der Waals surface area contributed by atoms with Crippen molar-refractivity contribution in [1.82, 2.24) is 5.32 Å². The number of rotatable bonds is 8. The van der Waals surface area contributed by atoms with Gasteiger partial charge in [0.15, 0.2) is 17.4 Å². The van der Waals surface area contributed by atoms with Crippen LogP contribution in [0.2, 0.25) is 0 Å². The maximum atomic E-state index is 12.1. The molecule has 1 atom stereocenters. The highest BCUT2D eigenvalue weighted by atomic mass is 16.5. The number of Topliss-reactive ketones (excluding diaryl/α,β-unsaturated/α-hetero) is 2. The molecular formula is C16H19NO7. The first-order chi connectivity index (χ1) is 11.3. The molecule has 1 aromatic carbocycles. The summed E-state index contributed by atoms with van der Waals surface area (Å²) < 4.78 is 14.5. The van der Waals surface area contributed by atoms with E-state index in [1.165, 1.54) is 14.2 Å². The van der Waals surface area contributed by atoms with Gasteiger partial charge in [0.2, 0.25) is 5.91 Å². The summed E-state index contributed by atoms with van der Waals surface area (Å²) in [5.74, 6) is -4.78. The number of methoxy groups -OCH3 is 3. The lowest BCUT2D eigenvalue weighted by Gasteiger charge is -2.13. The molecule has 1 rings (SSSR count). The van der Waals surface area contributed by atoms with Gasteiger partial charge in [-0.1, -0.05) is 6.07 Å². The van der Waals surface area contributed by atoms with Crippen LogP contribution in [0.1, 0.15) is 12.5 Å². The molecule has 130 valence electrons. The summed E-state index contributed by atoms with van der Waals surface area (Å²) in [6.45, 7) is 1.10. The molecule has 24 heavy (non-hydrogen) atoms. The van der Waals surface area contributed by atoms with E-state index in [0.29, 0.717) is 17.1 Å².